The summed E-state index contributed by atoms with van der Waals surface area (Å²) in [4.78, 5) is 21.9. The van der Waals surface area contributed by atoms with Crippen LogP contribution in [-0.2, 0) is 14.2 Å². The summed E-state index contributed by atoms with van der Waals surface area (Å²) in [6.07, 6.45) is 7.09. The number of ether oxygens (including phenoxy) is 3. The van der Waals surface area contributed by atoms with Gasteiger partial charge in [-0.3, -0.25) is 0 Å². The highest BCUT2D eigenvalue weighted by Gasteiger charge is 2.47. The van der Waals surface area contributed by atoms with Crippen molar-refractivity contribution in [3.63, 3.8) is 0 Å². The molecule has 4 rings (SSSR count). The number of piperidine rings is 1. The van der Waals surface area contributed by atoms with Crippen LogP contribution < -0.4 is 14.7 Å². The Bertz CT molecular complexity index is 754. The number of rotatable bonds is 9. The summed E-state index contributed by atoms with van der Waals surface area (Å²) in [7, 11) is 0. The lowest BCUT2D eigenvalue weighted by atomic mass is 9.78. The molecule has 35 heavy (non-hydrogen) atoms. The number of anilines is 3. The summed E-state index contributed by atoms with van der Waals surface area (Å²) in [6.45, 7) is 18.3. The van der Waals surface area contributed by atoms with E-state index in [2.05, 4.69) is 49.3 Å². The molecule has 1 aromatic heterocycles. The van der Waals surface area contributed by atoms with E-state index in [1.54, 1.807) is 0 Å². The van der Waals surface area contributed by atoms with Crippen molar-refractivity contribution >= 4 is 17.8 Å². The molecule has 0 N–H and O–H groups in total. The van der Waals surface area contributed by atoms with Crippen molar-refractivity contribution in [2.75, 3.05) is 73.9 Å². The zero-order valence-corrected chi connectivity index (χ0v) is 22.6. The second-order valence-corrected chi connectivity index (χ2v) is 11.4. The molecule has 0 radical (unpaired) electrons. The van der Waals surface area contributed by atoms with E-state index in [1.807, 2.05) is 0 Å². The first-order valence-electron chi connectivity index (χ1n) is 13.6. The highest BCUT2D eigenvalue weighted by molar-refractivity contribution is 5.50. The first kappa shape index (κ1) is 26.4. The predicted molar refractivity (Wildman–Crippen MR) is 140 cm³/mol. The average molecular weight is 491 g/mol. The highest BCUT2D eigenvalue weighted by Crippen LogP contribution is 2.42. The Morgan fingerprint density at radius 2 is 1.23 bits per heavy atom. The number of unbranched alkanes of at least 4 members (excludes halogenated alkanes) is 3. The average Bonchev–Trinajstić information content (AvgIpc) is 2.83. The molecule has 1 aromatic rings. The minimum Gasteiger partial charge on any atom is -0.378 e. The fourth-order valence-electron chi connectivity index (χ4n) is 5.88. The number of aromatic nitrogens is 3. The normalized spacial score (nSPS) is 23.1. The topological polar surface area (TPSA) is 76.1 Å². The van der Waals surface area contributed by atoms with Crippen molar-refractivity contribution < 1.29 is 14.2 Å². The lowest BCUT2D eigenvalue weighted by Gasteiger charge is -2.55. The molecule has 3 fully saturated rings. The monoisotopic (exact) mass is 490 g/mol. The SMILES string of the molecule is CCCCCCOC1CC(C)(C)N(c2nc(N3CCOCC3)nc(N3CCOCC3)n2)C(C)(C)C1. The molecule has 3 saturated heterocycles. The smallest absolute Gasteiger partial charge is 0.232 e. The second kappa shape index (κ2) is 11.6. The van der Waals surface area contributed by atoms with Crippen LogP contribution in [0.25, 0.3) is 0 Å². The van der Waals surface area contributed by atoms with Gasteiger partial charge in [0.15, 0.2) is 0 Å². The Hall–Kier alpha value is -1.71. The van der Waals surface area contributed by atoms with Gasteiger partial charge in [-0.05, 0) is 47.0 Å². The summed E-state index contributed by atoms with van der Waals surface area (Å²) in [5, 5.41) is 0. The third-order valence-electron chi connectivity index (χ3n) is 7.40. The van der Waals surface area contributed by atoms with E-state index in [9.17, 15) is 0 Å². The van der Waals surface area contributed by atoms with E-state index < -0.39 is 0 Å². The van der Waals surface area contributed by atoms with E-state index >= 15 is 0 Å². The lowest BCUT2D eigenvalue weighted by Crippen LogP contribution is -2.63. The van der Waals surface area contributed by atoms with Crippen molar-refractivity contribution in [2.24, 2.45) is 0 Å². The standard InChI is InChI=1S/C26H46N6O3/c1-6-7-8-9-14-35-21-19-25(2,3)32(26(4,5)20-21)24-28-22(30-10-15-33-16-11-30)27-23(29-24)31-12-17-34-18-13-31/h21H,6-20H2,1-5H3. The van der Waals surface area contributed by atoms with Gasteiger partial charge in [-0.1, -0.05) is 26.2 Å². The van der Waals surface area contributed by atoms with E-state index in [4.69, 9.17) is 29.2 Å². The maximum atomic E-state index is 6.40. The van der Waals surface area contributed by atoms with Crippen LogP contribution in [0.5, 0.6) is 0 Å². The van der Waals surface area contributed by atoms with Gasteiger partial charge < -0.3 is 28.9 Å². The third-order valence-corrected chi connectivity index (χ3v) is 7.40. The Morgan fingerprint density at radius 3 is 1.71 bits per heavy atom. The van der Waals surface area contributed by atoms with Gasteiger partial charge in [-0.25, -0.2) is 0 Å². The summed E-state index contributed by atoms with van der Waals surface area (Å²) in [5.74, 6) is 2.26. The molecule has 3 aliphatic rings. The molecule has 9 nitrogen and oxygen atoms in total. The Balaban J connectivity index is 1.59. The number of nitrogens with zero attached hydrogens (tertiary/aromatic N) is 6. The Morgan fingerprint density at radius 1 is 0.743 bits per heavy atom. The second-order valence-electron chi connectivity index (χ2n) is 11.4. The van der Waals surface area contributed by atoms with Crippen LogP contribution >= 0.6 is 0 Å². The molecule has 198 valence electrons. The van der Waals surface area contributed by atoms with Gasteiger partial charge >= 0.3 is 0 Å². The van der Waals surface area contributed by atoms with Crippen molar-refractivity contribution in [1.82, 2.24) is 15.0 Å². The van der Waals surface area contributed by atoms with Crippen LogP contribution in [0.1, 0.15) is 73.1 Å². The van der Waals surface area contributed by atoms with Crippen molar-refractivity contribution in [3.8, 4) is 0 Å². The maximum Gasteiger partial charge on any atom is 0.232 e. The van der Waals surface area contributed by atoms with Crippen LogP contribution in [0.15, 0.2) is 0 Å². The fraction of sp³-hybridized carbons (Fsp3) is 0.885. The van der Waals surface area contributed by atoms with Gasteiger partial charge in [0.25, 0.3) is 0 Å². The van der Waals surface area contributed by atoms with Gasteiger partial charge in [-0.15, -0.1) is 0 Å². The largest absolute Gasteiger partial charge is 0.378 e. The molecule has 0 aromatic carbocycles. The molecule has 3 aliphatic heterocycles. The quantitative estimate of drug-likeness (QED) is 0.482. The lowest BCUT2D eigenvalue weighted by molar-refractivity contribution is -0.00888. The van der Waals surface area contributed by atoms with E-state index in [0.717, 1.165) is 69.9 Å². The van der Waals surface area contributed by atoms with Crippen LogP contribution in [0.2, 0.25) is 0 Å². The van der Waals surface area contributed by atoms with Crippen LogP contribution in [0, 0.1) is 0 Å². The Kier molecular flexibility index (Phi) is 8.71. The number of hydrogen-bond donors (Lipinski definition) is 0. The molecule has 0 unspecified atom stereocenters. The van der Waals surface area contributed by atoms with Gasteiger partial charge in [0.2, 0.25) is 17.8 Å². The minimum absolute atomic E-state index is 0.151. The zero-order chi connectivity index (χ0) is 24.9. The summed E-state index contributed by atoms with van der Waals surface area (Å²) in [5.41, 5.74) is -0.302. The van der Waals surface area contributed by atoms with Crippen molar-refractivity contribution in [1.29, 1.82) is 0 Å². The first-order chi connectivity index (χ1) is 16.8. The molecule has 0 spiro atoms. The van der Waals surface area contributed by atoms with Crippen LogP contribution in [0.3, 0.4) is 0 Å². The molecular weight excluding hydrogens is 444 g/mol. The summed E-state index contributed by atoms with van der Waals surface area (Å²) >= 11 is 0. The molecular formula is C26H46N6O3. The van der Waals surface area contributed by atoms with E-state index in [-0.39, 0.29) is 17.2 Å². The van der Waals surface area contributed by atoms with Gasteiger partial charge in [0.05, 0.1) is 32.5 Å². The first-order valence-corrected chi connectivity index (χ1v) is 13.6. The molecule has 0 saturated carbocycles. The Labute approximate surface area is 211 Å². The number of morpholine rings is 2. The summed E-state index contributed by atoms with van der Waals surface area (Å²) < 4.78 is 17.6. The maximum absolute atomic E-state index is 6.40. The molecule has 0 amide bonds. The minimum atomic E-state index is -0.151. The molecule has 0 aliphatic carbocycles. The van der Waals surface area contributed by atoms with Gasteiger partial charge in [-0.2, -0.15) is 15.0 Å². The van der Waals surface area contributed by atoms with Crippen LogP contribution in [-0.4, -0.2) is 91.3 Å². The van der Waals surface area contributed by atoms with Crippen molar-refractivity contribution in [2.45, 2.75) is 90.3 Å². The molecule has 4 heterocycles. The summed E-state index contributed by atoms with van der Waals surface area (Å²) in [6, 6.07) is 0. The van der Waals surface area contributed by atoms with E-state index in [1.165, 1.54) is 19.3 Å². The van der Waals surface area contributed by atoms with Gasteiger partial charge in [0, 0.05) is 43.9 Å². The predicted octanol–water partition coefficient (Wildman–Crippen LogP) is 3.67. The van der Waals surface area contributed by atoms with Gasteiger partial charge in [0.1, 0.15) is 0 Å². The molecule has 0 bridgehead atoms. The molecule has 0 atom stereocenters. The zero-order valence-electron chi connectivity index (χ0n) is 22.6. The highest BCUT2D eigenvalue weighted by atomic mass is 16.5. The third kappa shape index (κ3) is 6.54. The molecule has 9 heteroatoms. The van der Waals surface area contributed by atoms with E-state index in [0.29, 0.717) is 26.4 Å². The van der Waals surface area contributed by atoms with Crippen LogP contribution in [0.4, 0.5) is 17.8 Å². The number of hydrogen-bond acceptors (Lipinski definition) is 9. The fourth-order valence-corrected chi connectivity index (χ4v) is 5.88. The van der Waals surface area contributed by atoms with Crippen molar-refractivity contribution in [3.05, 3.63) is 0 Å².